The third-order valence-corrected chi connectivity index (χ3v) is 7.27. The van der Waals surface area contributed by atoms with Crippen molar-refractivity contribution in [3.05, 3.63) is 58.8 Å². The highest BCUT2D eigenvalue weighted by Crippen LogP contribution is 2.36. The van der Waals surface area contributed by atoms with Gasteiger partial charge in [-0.25, -0.2) is 8.42 Å². The number of carbonyl (C=O) groups is 2. The Kier molecular flexibility index (Phi) is 6.31. The molecule has 0 aliphatic carbocycles. The molecule has 2 aromatic carbocycles. The van der Waals surface area contributed by atoms with E-state index in [9.17, 15) is 18.0 Å². The van der Waals surface area contributed by atoms with Crippen LogP contribution in [0.25, 0.3) is 11.1 Å². The first-order valence-electron chi connectivity index (χ1n) is 11.3. The summed E-state index contributed by atoms with van der Waals surface area (Å²) in [6.07, 6.45) is 1.50. The van der Waals surface area contributed by atoms with Gasteiger partial charge in [0.15, 0.2) is 0 Å². The van der Waals surface area contributed by atoms with E-state index in [-0.39, 0.29) is 29.6 Å². The van der Waals surface area contributed by atoms with E-state index in [2.05, 4.69) is 15.1 Å². The van der Waals surface area contributed by atoms with Gasteiger partial charge in [0.1, 0.15) is 5.82 Å². The molecule has 0 bridgehead atoms. The Hall–Kier alpha value is -3.46. The number of nitrogens with one attached hydrogen (secondary N) is 2. The summed E-state index contributed by atoms with van der Waals surface area (Å²) in [6.45, 7) is 7.55. The minimum Gasteiger partial charge on any atom is -0.310 e. The van der Waals surface area contributed by atoms with E-state index >= 15 is 0 Å². The molecule has 8 nitrogen and oxygen atoms in total. The average molecular weight is 481 g/mol. The van der Waals surface area contributed by atoms with Gasteiger partial charge in [0.2, 0.25) is 11.8 Å². The van der Waals surface area contributed by atoms with Crippen molar-refractivity contribution < 1.29 is 18.0 Å². The van der Waals surface area contributed by atoms with E-state index in [0.29, 0.717) is 40.3 Å². The lowest BCUT2D eigenvalue weighted by atomic mass is 10.0. The Morgan fingerprint density at radius 2 is 1.74 bits per heavy atom. The molecule has 9 heteroatoms. The number of benzene rings is 2. The van der Waals surface area contributed by atoms with Crippen LogP contribution in [-0.2, 0) is 21.2 Å². The van der Waals surface area contributed by atoms with Gasteiger partial charge in [-0.05, 0) is 67.6 Å². The molecule has 2 heterocycles. The van der Waals surface area contributed by atoms with Crippen LogP contribution in [0.2, 0.25) is 0 Å². The Balaban J connectivity index is 1.84. The molecule has 1 aliphatic rings. The fourth-order valence-electron chi connectivity index (χ4n) is 4.28. The second-order valence-corrected chi connectivity index (χ2v) is 10.4. The molecule has 4 rings (SSSR count). The van der Waals surface area contributed by atoms with Crippen LogP contribution in [-0.4, -0.2) is 30.0 Å². The minimum atomic E-state index is -3.90. The summed E-state index contributed by atoms with van der Waals surface area (Å²) in [7, 11) is -3.90. The molecule has 0 unspecified atom stereocenters. The van der Waals surface area contributed by atoms with Crippen LogP contribution in [0.3, 0.4) is 0 Å². The van der Waals surface area contributed by atoms with Crippen LogP contribution in [0.5, 0.6) is 0 Å². The number of carbonyl (C=O) groups excluding carboxylic acids is 2. The van der Waals surface area contributed by atoms with Gasteiger partial charge in [-0.2, -0.15) is 9.78 Å². The second kappa shape index (κ2) is 9.06. The summed E-state index contributed by atoms with van der Waals surface area (Å²) in [5.74, 6) is -0.244. The van der Waals surface area contributed by atoms with E-state index in [1.54, 1.807) is 37.3 Å². The zero-order valence-electron chi connectivity index (χ0n) is 19.7. The molecule has 1 aromatic heterocycles. The molecule has 178 valence electrons. The zero-order chi connectivity index (χ0) is 24.6. The first-order valence-corrected chi connectivity index (χ1v) is 12.7. The second-order valence-electron chi connectivity index (χ2n) is 8.74. The molecule has 0 atom stereocenters. The molecule has 0 saturated carbocycles. The lowest BCUT2D eigenvalue weighted by molar-refractivity contribution is -0.116. The van der Waals surface area contributed by atoms with Gasteiger partial charge in [0.25, 0.3) is 10.0 Å². The topological polar surface area (TPSA) is 110 Å². The van der Waals surface area contributed by atoms with Gasteiger partial charge in [-0.3, -0.25) is 14.3 Å². The number of rotatable bonds is 6. The average Bonchev–Trinajstić information content (AvgIpc) is 3.02. The number of amides is 1. The predicted octanol–water partition coefficient (Wildman–Crippen LogP) is 4.60. The normalized spacial score (nSPS) is 13.9. The molecular weight excluding hydrogens is 452 g/mol. The van der Waals surface area contributed by atoms with Crippen molar-refractivity contribution in [2.24, 2.45) is 0 Å². The SMILES string of the molecule is CCCc1nn2c(c1-c1ccc(C)c(S(=O)(=O)Nc3cc(C)cc(C)c3)c1)NC(=O)CCC2=O. The largest absolute Gasteiger partial charge is 0.310 e. The lowest BCUT2D eigenvalue weighted by Crippen LogP contribution is -2.15. The number of fused-ring (bicyclic) bond motifs is 1. The van der Waals surface area contributed by atoms with Crippen LogP contribution in [0, 0.1) is 20.8 Å². The summed E-state index contributed by atoms with van der Waals surface area (Å²) in [5.41, 5.74) is 4.77. The number of hydrogen-bond donors (Lipinski definition) is 2. The number of aryl methyl sites for hydroxylation is 4. The van der Waals surface area contributed by atoms with Crippen LogP contribution in [0.4, 0.5) is 11.5 Å². The Morgan fingerprint density at radius 1 is 1.03 bits per heavy atom. The van der Waals surface area contributed by atoms with Gasteiger partial charge in [-0.15, -0.1) is 0 Å². The lowest BCUT2D eigenvalue weighted by Gasteiger charge is -2.14. The number of nitrogens with zero attached hydrogens (tertiary/aromatic N) is 2. The molecule has 0 spiro atoms. The zero-order valence-corrected chi connectivity index (χ0v) is 20.5. The van der Waals surface area contributed by atoms with Crippen LogP contribution in [0.1, 0.15) is 53.4 Å². The van der Waals surface area contributed by atoms with Crippen molar-refractivity contribution >= 4 is 33.3 Å². The van der Waals surface area contributed by atoms with Crippen LogP contribution in [0.15, 0.2) is 41.3 Å². The maximum absolute atomic E-state index is 13.4. The summed E-state index contributed by atoms with van der Waals surface area (Å²) < 4.78 is 30.7. The van der Waals surface area contributed by atoms with Crippen molar-refractivity contribution in [2.75, 3.05) is 10.0 Å². The predicted molar refractivity (Wildman–Crippen MR) is 132 cm³/mol. The maximum Gasteiger partial charge on any atom is 0.262 e. The molecule has 1 amide bonds. The fraction of sp³-hybridized carbons (Fsp3) is 0.320. The van der Waals surface area contributed by atoms with Gasteiger partial charge >= 0.3 is 0 Å². The van der Waals surface area contributed by atoms with Crippen molar-refractivity contribution in [1.82, 2.24) is 9.78 Å². The smallest absolute Gasteiger partial charge is 0.262 e. The quantitative estimate of drug-likeness (QED) is 0.536. The first-order chi connectivity index (χ1) is 16.1. The van der Waals surface area contributed by atoms with Gasteiger partial charge in [-0.1, -0.05) is 31.5 Å². The fourth-order valence-corrected chi connectivity index (χ4v) is 5.60. The molecule has 2 N–H and O–H groups in total. The molecule has 3 aromatic rings. The highest BCUT2D eigenvalue weighted by atomic mass is 32.2. The molecular formula is C25H28N4O4S. The molecule has 34 heavy (non-hydrogen) atoms. The van der Waals surface area contributed by atoms with Crippen molar-refractivity contribution in [3.63, 3.8) is 0 Å². The first kappa shape index (κ1) is 23.7. The highest BCUT2D eigenvalue weighted by molar-refractivity contribution is 7.92. The van der Waals surface area contributed by atoms with Gasteiger partial charge < -0.3 is 5.32 Å². The third kappa shape index (κ3) is 4.61. The summed E-state index contributed by atoms with van der Waals surface area (Å²) in [6, 6.07) is 10.6. The monoisotopic (exact) mass is 480 g/mol. The van der Waals surface area contributed by atoms with Gasteiger partial charge in [0.05, 0.1) is 10.6 Å². The Morgan fingerprint density at radius 3 is 2.41 bits per heavy atom. The van der Waals surface area contributed by atoms with E-state index in [4.69, 9.17) is 0 Å². The summed E-state index contributed by atoms with van der Waals surface area (Å²) >= 11 is 0. The summed E-state index contributed by atoms with van der Waals surface area (Å²) in [5, 5.41) is 7.28. The number of hydrogen-bond acceptors (Lipinski definition) is 5. The number of sulfonamides is 1. The molecule has 0 fully saturated rings. The van der Waals surface area contributed by atoms with Crippen molar-refractivity contribution in [3.8, 4) is 11.1 Å². The van der Waals surface area contributed by atoms with E-state index in [1.165, 1.54) is 4.68 Å². The maximum atomic E-state index is 13.4. The van der Waals surface area contributed by atoms with Crippen LogP contribution >= 0.6 is 0 Å². The molecule has 0 saturated heterocycles. The standard InChI is InChI=1S/C25H28N4O4S/c1-5-6-20-24(25-26-22(30)9-10-23(31)29(25)27-20)18-8-7-17(4)21(14-18)34(32,33)28-19-12-15(2)11-16(3)13-19/h7-8,11-14,28H,5-6,9-10H2,1-4H3,(H,26,30). The third-order valence-electron chi connectivity index (χ3n) is 5.74. The van der Waals surface area contributed by atoms with E-state index in [1.807, 2.05) is 26.8 Å². The van der Waals surface area contributed by atoms with E-state index in [0.717, 1.165) is 17.5 Å². The number of anilines is 2. The van der Waals surface area contributed by atoms with Crippen LogP contribution < -0.4 is 10.0 Å². The molecule has 1 aliphatic heterocycles. The Labute approximate surface area is 199 Å². The Bertz CT molecular complexity index is 1390. The number of aromatic nitrogens is 2. The minimum absolute atomic E-state index is 0.0683. The molecule has 0 radical (unpaired) electrons. The summed E-state index contributed by atoms with van der Waals surface area (Å²) in [4.78, 5) is 25.0. The van der Waals surface area contributed by atoms with Crippen molar-refractivity contribution in [1.29, 1.82) is 0 Å². The van der Waals surface area contributed by atoms with Crippen molar-refractivity contribution in [2.45, 2.75) is 58.3 Å². The van der Waals surface area contributed by atoms with E-state index < -0.39 is 10.0 Å². The highest BCUT2D eigenvalue weighted by Gasteiger charge is 2.28. The van der Waals surface area contributed by atoms with Gasteiger partial charge in [0, 0.05) is 24.1 Å².